The minimum atomic E-state index is 0.446. The Hall–Kier alpha value is -0.340. The largest absolute Gasteiger partial charge is 0.307 e. The van der Waals surface area contributed by atoms with E-state index in [-0.39, 0.29) is 0 Å². The van der Waals surface area contributed by atoms with Crippen LogP contribution >= 0.6 is 11.3 Å². The predicted molar refractivity (Wildman–Crippen MR) is 78.8 cm³/mol. The first kappa shape index (κ1) is 12.7. The van der Waals surface area contributed by atoms with Crippen LogP contribution in [0.1, 0.15) is 51.5 Å². The maximum atomic E-state index is 3.94. The van der Waals surface area contributed by atoms with E-state index < -0.39 is 0 Å². The average Bonchev–Trinajstić information content (AvgIpc) is 2.77. The summed E-state index contributed by atoms with van der Waals surface area (Å²) in [7, 11) is 0. The molecule has 1 heterocycles. The fourth-order valence-corrected chi connectivity index (χ4v) is 5.27. The molecule has 18 heavy (non-hydrogen) atoms. The van der Waals surface area contributed by atoms with Crippen LogP contribution < -0.4 is 5.32 Å². The quantitative estimate of drug-likeness (QED) is 0.850. The number of nitrogens with one attached hydrogen (secondary N) is 1. The average molecular weight is 263 g/mol. The fourth-order valence-electron chi connectivity index (χ4n) is 4.60. The highest BCUT2D eigenvalue weighted by molar-refractivity contribution is 7.07. The fraction of sp³-hybridized carbons (Fsp3) is 0.750. The van der Waals surface area contributed by atoms with Gasteiger partial charge >= 0.3 is 0 Å². The summed E-state index contributed by atoms with van der Waals surface area (Å²) in [6, 6.07) is 2.25. The highest BCUT2D eigenvalue weighted by Crippen LogP contribution is 2.47. The number of rotatable bonds is 3. The number of thiophene rings is 1. The minimum Gasteiger partial charge on any atom is -0.307 e. The van der Waals surface area contributed by atoms with Gasteiger partial charge in [-0.2, -0.15) is 11.3 Å². The van der Waals surface area contributed by atoms with Crippen molar-refractivity contribution < 1.29 is 0 Å². The van der Waals surface area contributed by atoms with Crippen molar-refractivity contribution >= 4 is 11.3 Å². The van der Waals surface area contributed by atoms with Crippen molar-refractivity contribution in [1.29, 1.82) is 0 Å². The standard InChI is InChI=1S/C16H25NS/c1-12-5-15-6-13(2)8-16(7-12,9-15)17-10-14-3-4-18-11-14/h3-4,11-13,15,17H,5-10H2,1-2H3. The first-order chi connectivity index (χ1) is 8.65. The van der Waals surface area contributed by atoms with E-state index in [0.717, 1.165) is 24.3 Å². The van der Waals surface area contributed by atoms with Crippen molar-refractivity contribution in [2.24, 2.45) is 17.8 Å². The topological polar surface area (TPSA) is 12.0 Å². The summed E-state index contributed by atoms with van der Waals surface area (Å²) in [5.41, 5.74) is 1.91. The second kappa shape index (κ2) is 4.97. The summed E-state index contributed by atoms with van der Waals surface area (Å²) in [6.45, 7) is 5.96. The van der Waals surface area contributed by atoms with E-state index in [1.54, 1.807) is 0 Å². The summed E-state index contributed by atoms with van der Waals surface area (Å²) in [5, 5.41) is 8.40. The maximum Gasteiger partial charge on any atom is 0.0218 e. The Bertz CT molecular complexity index is 364. The highest BCUT2D eigenvalue weighted by atomic mass is 32.1. The van der Waals surface area contributed by atoms with Crippen molar-refractivity contribution in [2.45, 2.75) is 58.0 Å². The molecular formula is C16H25NS. The summed E-state index contributed by atoms with van der Waals surface area (Å²) in [4.78, 5) is 0. The van der Waals surface area contributed by atoms with Crippen LogP contribution in [0.3, 0.4) is 0 Å². The van der Waals surface area contributed by atoms with Gasteiger partial charge in [0.1, 0.15) is 0 Å². The van der Waals surface area contributed by atoms with Crippen molar-refractivity contribution in [3.8, 4) is 0 Å². The molecule has 0 spiro atoms. The van der Waals surface area contributed by atoms with Crippen molar-refractivity contribution in [2.75, 3.05) is 0 Å². The number of hydrogen-bond donors (Lipinski definition) is 1. The second-order valence-electron chi connectivity index (χ2n) is 6.93. The van der Waals surface area contributed by atoms with Gasteiger partial charge in [0.2, 0.25) is 0 Å². The van der Waals surface area contributed by atoms with Crippen LogP contribution in [0.5, 0.6) is 0 Å². The molecule has 2 saturated carbocycles. The molecule has 2 fully saturated rings. The minimum absolute atomic E-state index is 0.446. The first-order valence-electron chi connectivity index (χ1n) is 7.41. The van der Waals surface area contributed by atoms with Gasteiger partial charge in [0, 0.05) is 12.1 Å². The molecule has 0 radical (unpaired) electrons. The predicted octanol–water partition coefficient (Wildman–Crippen LogP) is 4.44. The zero-order chi connectivity index (χ0) is 12.6. The smallest absolute Gasteiger partial charge is 0.0218 e. The Morgan fingerprint density at radius 3 is 2.56 bits per heavy atom. The van der Waals surface area contributed by atoms with Gasteiger partial charge in [-0.1, -0.05) is 13.8 Å². The molecule has 1 N–H and O–H groups in total. The first-order valence-corrected chi connectivity index (χ1v) is 8.36. The van der Waals surface area contributed by atoms with Crippen molar-refractivity contribution in [3.05, 3.63) is 22.4 Å². The third-order valence-corrected chi connectivity index (χ3v) is 5.61. The van der Waals surface area contributed by atoms with Crippen LogP contribution in [0.25, 0.3) is 0 Å². The summed E-state index contributed by atoms with van der Waals surface area (Å²) in [5.74, 6) is 2.80. The Labute approximate surface area is 115 Å². The van der Waals surface area contributed by atoms with Crippen LogP contribution in [-0.2, 0) is 6.54 Å². The molecule has 100 valence electrons. The molecule has 0 amide bonds. The SMILES string of the molecule is CC1CC2CC(C)CC(NCc3ccsc3)(C1)C2. The molecule has 2 bridgehead atoms. The molecule has 2 heteroatoms. The summed E-state index contributed by atoms with van der Waals surface area (Å²) >= 11 is 1.81. The highest BCUT2D eigenvalue weighted by Gasteiger charge is 2.43. The molecule has 2 aliphatic rings. The number of hydrogen-bond acceptors (Lipinski definition) is 2. The van der Waals surface area contributed by atoms with E-state index >= 15 is 0 Å². The lowest BCUT2D eigenvalue weighted by Gasteiger charge is -2.50. The van der Waals surface area contributed by atoms with Crippen LogP contribution in [0.2, 0.25) is 0 Å². The molecule has 2 unspecified atom stereocenters. The van der Waals surface area contributed by atoms with E-state index in [9.17, 15) is 0 Å². The molecule has 1 aromatic rings. The molecular weight excluding hydrogens is 238 g/mol. The Morgan fingerprint density at radius 2 is 1.94 bits per heavy atom. The third-order valence-electron chi connectivity index (χ3n) is 4.88. The number of fused-ring (bicyclic) bond motifs is 2. The normalized spacial score (nSPS) is 39.8. The van der Waals surface area contributed by atoms with Gasteiger partial charge in [-0.15, -0.1) is 0 Å². The Balaban J connectivity index is 1.70. The zero-order valence-corrected chi connectivity index (χ0v) is 12.4. The lowest BCUT2D eigenvalue weighted by atomic mass is 9.61. The third kappa shape index (κ3) is 2.65. The molecule has 2 aliphatic carbocycles. The second-order valence-corrected chi connectivity index (χ2v) is 7.71. The lowest BCUT2D eigenvalue weighted by molar-refractivity contribution is 0.0542. The van der Waals surface area contributed by atoms with Crippen molar-refractivity contribution in [3.63, 3.8) is 0 Å². The van der Waals surface area contributed by atoms with Gasteiger partial charge < -0.3 is 5.32 Å². The van der Waals surface area contributed by atoms with E-state index in [2.05, 4.69) is 36.0 Å². The van der Waals surface area contributed by atoms with E-state index in [1.165, 1.54) is 37.7 Å². The molecule has 2 atom stereocenters. The van der Waals surface area contributed by atoms with Gasteiger partial charge in [-0.3, -0.25) is 0 Å². The van der Waals surface area contributed by atoms with E-state index in [4.69, 9.17) is 0 Å². The van der Waals surface area contributed by atoms with Crippen LogP contribution in [-0.4, -0.2) is 5.54 Å². The maximum absolute atomic E-state index is 3.94. The summed E-state index contributed by atoms with van der Waals surface area (Å²) in [6.07, 6.45) is 7.13. The molecule has 1 nitrogen and oxygen atoms in total. The zero-order valence-electron chi connectivity index (χ0n) is 11.6. The van der Waals surface area contributed by atoms with Gasteiger partial charge in [-0.05, 0) is 72.2 Å². The van der Waals surface area contributed by atoms with Crippen molar-refractivity contribution in [1.82, 2.24) is 5.32 Å². The van der Waals surface area contributed by atoms with Crippen LogP contribution in [0.4, 0.5) is 0 Å². The Kier molecular flexibility index (Phi) is 3.50. The Morgan fingerprint density at radius 1 is 1.22 bits per heavy atom. The van der Waals surface area contributed by atoms with E-state index in [0.29, 0.717) is 5.54 Å². The molecule has 0 aromatic carbocycles. The van der Waals surface area contributed by atoms with Gasteiger partial charge in [0.25, 0.3) is 0 Å². The molecule has 0 aliphatic heterocycles. The molecule has 0 saturated heterocycles. The van der Waals surface area contributed by atoms with Gasteiger partial charge in [0.15, 0.2) is 0 Å². The molecule has 1 aromatic heterocycles. The van der Waals surface area contributed by atoms with Crippen LogP contribution in [0, 0.1) is 17.8 Å². The van der Waals surface area contributed by atoms with Gasteiger partial charge in [0.05, 0.1) is 0 Å². The summed E-state index contributed by atoms with van der Waals surface area (Å²) < 4.78 is 0. The lowest BCUT2D eigenvalue weighted by Crippen LogP contribution is -2.54. The van der Waals surface area contributed by atoms with Gasteiger partial charge in [-0.25, -0.2) is 0 Å². The monoisotopic (exact) mass is 263 g/mol. The van der Waals surface area contributed by atoms with Crippen LogP contribution in [0.15, 0.2) is 16.8 Å². The van der Waals surface area contributed by atoms with E-state index in [1.807, 2.05) is 11.3 Å². The molecule has 3 rings (SSSR count).